The van der Waals surface area contributed by atoms with Crippen LogP contribution in [0.15, 0.2) is 15.9 Å². The van der Waals surface area contributed by atoms with E-state index in [0.717, 1.165) is 36.5 Å². The van der Waals surface area contributed by atoms with Crippen molar-refractivity contribution in [3.8, 4) is 0 Å². The predicted molar refractivity (Wildman–Crippen MR) is 103 cm³/mol. The Morgan fingerprint density at radius 1 is 1.26 bits per heavy atom. The number of hydrogen-bond donors (Lipinski definition) is 1. The Morgan fingerprint density at radius 3 is 2.67 bits per heavy atom. The number of aromatic nitrogens is 4. The standard InChI is InChI=1S/C18H28N6O3/c1-13-5-9-23(10-6-13)8-4-7-19-14(25)11-24-17(26)15-16(20-12-21(15)2)22(3)18(24)27/h12-13H,4-11H2,1-3H3,(H,19,25). The van der Waals surface area contributed by atoms with Gasteiger partial charge < -0.3 is 14.8 Å². The monoisotopic (exact) mass is 376 g/mol. The average molecular weight is 376 g/mol. The molecule has 9 heteroatoms. The number of aryl methyl sites for hydroxylation is 2. The van der Waals surface area contributed by atoms with E-state index < -0.39 is 11.2 Å². The molecule has 27 heavy (non-hydrogen) atoms. The highest BCUT2D eigenvalue weighted by Crippen LogP contribution is 2.15. The first-order chi connectivity index (χ1) is 12.9. The molecular weight excluding hydrogens is 348 g/mol. The second kappa shape index (κ2) is 8.08. The summed E-state index contributed by atoms with van der Waals surface area (Å²) in [5.74, 6) is 0.474. The molecule has 9 nitrogen and oxygen atoms in total. The number of amides is 1. The van der Waals surface area contributed by atoms with Crippen LogP contribution in [-0.4, -0.2) is 55.7 Å². The van der Waals surface area contributed by atoms with Gasteiger partial charge in [0.15, 0.2) is 11.2 Å². The van der Waals surface area contributed by atoms with Crippen molar-refractivity contribution in [1.82, 2.24) is 28.9 Å². The molecule has 0 aliphatic carbocycles. The van der Waals surface area contributed by atoms with Crippen molar-refractivity contribution in [1.29, 1.82) is 0 Å². The fourth-order valence-corrected chi connectivity index (χ4v) is 3.55. The number of nitrogens with one attached hydrogen (secondary N) is 1. The van der Waals surface area contributed by atoms with Crippen LogP contribution in [0.2, 0.25) is 0 Å². The second-order valence-electron chi connectivity index (χ2n) is 7.49. The van der Waals surface area contributed by atoms with Gasteiger partial charge in [0.2, 0.25) is 5.91 Å². The Kier molecular flexibility index (Phi) is 5.79. The largest absolute Gasteiger partial charge is 0.354 e. The molecule has 1 amide bonds. The molecule has 0 saturated carbocycles. The highest BCUT2D eigenvalue weighted by atomic mass is 16.2. The first kappa shape index (κ1) is 19.3. The van der Waals surface area contributed by atoms with E-state index in [1.165, 1.54) is 23.7 Å². The lowest BCUT2D eigenvalue weighted by atomic mass is 9.99. The minimum atomic E-state index is -0.538. The molecular formula is C18H28N6O3. The Morgan fingerprint density at radius 2 is 1.96 bits per heavy atom. The number of nitrogens with zero attached hydrogens (tertiary/aromatic N) is 5. The predicted octanol–water partition coefficient (Wildman–Crippen LogP) is -0.328. The zero-order valence-corrected chi connectivity index (χ0v) is 16.3. The molecule has 0 radical (unpaired) electrons. The number of imidazole rings is 1. The molecule has 0 spiro atoms. The zero-order chi connectivity index (χ0) is 19.6. The summed E-state index contributed by atoms with van der Waals surface area (Å²) in [5, 5.41) is 2.81. The molecule has 3 rings (SSSR count). The summed E-state index contributed by atoms with van der Waals surface area (Å²) in [4.78, 5) is 43.7. The molecule has 148 valence electrons. The summed E-state index contributed by atoms with van der Waals surface area (Å²) in [5.41, 5.74) is -0.404. The lowest BCUT2D eigenvalue weighted by Gasteiger charge is -2.30. The average Bonchev–Trinajstić information content (AvgIpc) is 3.04. The smallest absolute Gasteiger partial charge is 0.332 e. The van der Waals surface area contributed by atoms with Crippen LogP contribution in [-0.2, 0) is 25.4 Å². The van der Waals surface area contributed by atoms with E-state index in [9.17, 15) is 14.4 Å². The van der Waals surface area contributed by atoms with Crippen LogP contribution in [0.3, 0.4) is 0 Å². The fraction of sp³-hybridized carbons (Fsp3) is 0.667. The molecule has 0 atom stereocenters. The summed E-state index contributed by atoms with van der Waals surface area (Å²) in [6.45, 7) is 5.72. The van der Waals surface area contributed by atoms with E-state index in [0.29, 0.717) is 17.7 Å². The number of hydrogen-bond acceptors (Lipinski definition) is 5. The molecule has 1 saturated heterocycles. The van der Waals surface area contributed by atoms with Crippen molar-refractivity contribution in [2.75, 3.05) is 26.2 Å². The van der Waals surface area contributed by atoms with Crippen molar-refractivity contribution < 1.29 is 4.79 Å². The summed E-state index contributed by atoms with van der Waals surface area (Å²) in [6.07, 6.45) is 4.80. The van der Waals surface area contributed by atoms with E-state index in [2.05, 4.69) is 22.1 Å². The Hall–Kier alpha value is -2.42. The number of piperidine rings is 1. The molecule has 3 heterocycles. The van der Waals surface area contributed by atoms with Gasteiger partial charge in [-0.3, -0.25) is 14.2 Å². The van der Waals surface area contributed by atoms with Crippen molar-refractivity contribution in [2.45, 2.75) is 32.7 Å². The Bertz CT molecular complexity index is 933. The van der Waals surface area contributed by atoms with Crippen LogP contribution in [0.4, 0.5) is 0 Å². The van der Waals surface area contributed by atoms with Gasteiger partial charge in [-0.2, -0.15) is 0 Å². The van der Waals surface area contributed by atoms with E-state index in [4.69, 9.17) is 0 Å². The molecule has 1 aliphatic heterocycles. The van der Waals surface area contributed by atoms with Gasteiger partial charge in [-0.1, -0.05) is 6.92 Å². The Labute approximate surface area is 157 Å². The number of rotatable bonds is 6. The first-order valence-electron chi connectivity index (χ1n) is 9.48. The maximum absolute atomic E-state index is 12.6. The first-order valence-corrected chi connectivity index (χ1v) is 9.48. The quantitative estimate of drug-likeness (QED) is 0.697. The van der Waals surface area contributed by atoms with E-state index >= 15 is 0 Å². The number of carbonyl (C=O) groups is 1. The van der Waals surface area contributed by atoms with Crippen LogP contribution < -0.4 is 16.6 Å². The molecule has 2 aromatic rings. The zero-order valence-electron chi connectivity index (χ0n) is 16.3. The van der Waals surface area contributed by atoms with Crippen molar-refractivity contribution in [3.63, 3.8) is 0 Å². The van der Waals surface area contributed by atoms with Crippen molar-refractivity contribution >= 4 is 17.1 Å². The summed E-state index contributed by atoms with van der Waals surface area (Å²) in [7, 11) is 3.23. The highest BCUT2D eigenvalue weighted by molar-refractivity contribution is 5.76. The van der Waals surface area contributed by atoms with E-state index in [1.54, 1.807) is 18.7 Å². The fourth-order valence-electron chi connectivity index (χ4n) is 3.55. The number of carbonyl (C=O) groups excluding carboxylic acids is 1. The molecule has 1 aliphatic rings. The van der Waals surface area contributed by atoms with Gasteiger partial charge in [-0.05, 0) is 44.8 Å². The molecule has 0 unspecified atom stereocenters. The lowest BCUT2D eigenvalue weighted by Crippen LogP contribution is -2.44. The van der Waals surface area contributed by atoms with Gasteiger partial charge in [-0.25, -0.2) is 14.3 Å². The van der Waals surface area contributed by atoms with Crippen molar-refractivity contribution in [3.05, 3.63) is 27.2 Å². The maximum Gasteiger partial charge on any atom is 0.332 e. The SMILES string of the molecule is CC1CCN(CCCNC(=O)Cn2c(=O)c3c(ncn3C)n(C)c2=O)CC1. The van der Waals surface area contributed by atoms with E-state index in [1.807, 2.05) is 0 Å². The summed E-state index contributed by atoms with van der Waals surface area (Å²) >= 11 is 0. The molecule has 2 aromatic heterocycles. The lowest BCUT2D eigenvalue weighted by molar-refractivity contribution is -0.121. The third-order valence-corrected chi connectivity index (χ3v) is 5.35. The van der Waals surface area contributed by atoms with Crippen LogP contribution >= 0.6 is 0 Å². The van der Waals surface area contributed by atoms with Crippen LogP contribution in [0, 0.1) is 5.92 Å². The molecule has 0 bridgehead atoms. The third-order valence-electron chi connectivity index (χ3n) is 5.35. The number of fused-ring (bicyclic) bond motifs is 1. The molecule has 1 N–H and O–H groups in total. The number of likely N-dealkylation sites (tertiary alicyclic amines) is 1. The minimum Gasteiger partial charge on any atom is -0.354 e. The van der Waals surface area contributed by atoms with Gasteiger partial charge in [-0.15, -0.1) is 0 Å². The molecule has 0 aromatic carbocycles. The van der Waals surface area contributed by atoms with Crippen LogP contribution in [0.25, 0.3) is 11.2 Å². The maximum atomic E-state index is 12.6. The van der Waals surface area contributed by atoms with Crippen molar-refractivity contribution in [2.24, 2.45) is 20.0 Å². The summed E-state index contributed by atoms with van der Waals surface area (Å²) < 4.78 is 3.82. The topological polar surface area (TPSA) is 94.2 Å². The van der Waals surface area contributed by atoms with Crippen LogP contribution in [0.1, 0.15) is 26.2 Å². The normalized spacial score (nSPS) is 16.1. The minimum absolute atomic E-state index is 0.284. The van der Waals surface area contributed by atoms with Gasteiger partial charge >= 0.3 is 5.69 Å². The van der Waals surface area contributed by atoms with E-state index in [-0.39, 0.29) is 12.5 Å². The van der Waals surface area contributed by atoms with Gasteiger partial charge in [0.05, 0.1) is 6.33 Å². The second-order valence-corrected chi connectivity index (χ2v) is 7.49. The van der Waals surface area contributed by atoms with Crippen LogP contribution in [0.5, 0.6) is 0 Å². The van der Waals surface area contributed by atoms with Gasteiger partial charge in [0.1, 0.15) is 6.54 Å². The third kappa shape index (κ3) is 4.13. The molecule has 1 fully saturated rings. The summed E-state index contributed by atoms with van der Waals surface area (Å²) in [6, 6.07) is 0. The highest BCUT2D eigenvalue weighted by Gasteiger charge is 2.17. The van der Waals surface area contributed by atoms with Gasteiger partial charge in [0, 0.05) is 20.6 Å². The Balaban J connectivity index is 1.57. The van der Waals surface area contributed by atoms with Gasteiger partial charge in [0.25, 0.3) is 5.56 Å².